The molecule has 5 heterocycles. The number of carbonyl (C=O) groups excluding carboxylic acids is 1. The summed E-state index contributed by atoms with van der Waals surface area (Å²) in [5.74, 6) is -1.43. The predicted molar refractivity (Wildman–Crippen MR) is 308 cm³/mol. The predicted octanol–water partition coefficient (Wildman–Crippen LogP) is 12.3. The maximum absolute atomic E-state index is 14.4. The van der Waals surface area contributed by atoms with E-state index in [1.807, 2.05) is 161 Å². The maximum Gasteiger partial charge on any atom is 0.306 e. The number of rotatable bonds is 30. The second-order valence-electron chi connectivity index (χ2n) is 22.7. The smallest absolute Gasteiger partial charge is 0.306 e. The quantitative estimate of drug-likeness (QED) is 0.0277. The number of allylic oxidation sites excluding steroid dienone is 2. The van der Waals surface area contributed by atoms with Gasteiger partial charge in [0, 0.05) is 12.0 Å². The Morgan fingerprint density at radius 2 is 1.12 bits per heavy atom. The average Bonchev–Trinajstić information content (AvgIpc) is 3.67. The SMILES string of the molecule is C=CCCCCC(=O)O[C@H]1[C@H](O[C@H]2[C@H](O[C@H]3[C@H](O[C@H](CCCC=C)CCCCC)O[C@H](C)[C@@H]4OC(C)(C)O[C@@H]43)O[C@@H]3COC(c4ccccc4)O[C@H]3[C@@H]2OCc2ccccc2)O[C@@H](C)[C@H](OCc2ccccc2)[C@H]1OCc1ccccc1. The van der Waals surface area contributed by atoms with Gasteiger partial charge in [0.2, 0.25) is 0 Å². The van der Waals surface area contributed by atoms with Crippen LogP contribution in [0.2, 0.25) is 0 Å². The van der Waals surface area contributed by atoms with Crippen molar-refractivity contribution >= 4 is 5.97 Å². The second-order valence-corrected chi connectivity index (χ2v) is 22.7. The van der Waals surface area contributed by atoms with Crippen molar-refractivity contribution in [2.24, 2.45) is 0 Å². The molecule has 5 saturated heterocycles. The van der Waals surface area contributed by atoms with Gasteiger partial charge in [-0.1, -0.05) is 160 Å². The van der Waals surface area contributed by atoms with Crippen molar-refractivity contribution in [1.29, 1.82) is 0 Å². The first-order valence-corrected chi connectivity index (χ1v) is 30.0. The monoisotopic (exact) mass is 1130 g/mol. The van der Waals surface area contributed by atoms with Gasteiger partial charge >= 0.3 is 5.97 Å². The lowest BCUT2D eigenvalue weighted by molar-refractivity contribution is -0.414. The highest BCUT2D eigenvalue weighted by Gasteiger charge is 2.60. The van der Waals surface area contributed by atoms with Crippen LogP contribution < -0.4 is 0 Å². The van der Waals surface area contributed by atoms with Gasteiger partial charge in [-0.25, -0.2) is 0 Å². The molecule has 17 atom stereocenters. The van der Waals surface area contributed by atoms with Crippen molar-refractivity contribution in [3.63, 3.8) is 0 Å². The molecule has 0 bridgehead atoms. The van der Waals surface area contributed by atoms with Crippen molar-refractivity contribution in [2.45, 2.75) is 235 Å². The summed E-state index contributed by atoms with van der Waals surface area (Å²) < 4.78 is 97.7. The highest BCUT2D eigenvalue weighted by molar-refractivity contribution is 5.69. The number of hydrogen-bond donors (Lipinski definition) is 0. The number of esters is 1. The summed E-state index contributed by atoms with van der Waals surface area (Å²) in [6.07, 6.45) is -1.46. The zero-order valence-corrected chi connectivity index (χ0v) is 48.7. The van der Waals surface area contributed by atoms with Gasteiger partial charge in [-0.2, -0.15) is 0 Å². The van der Waals surface area contributed by atoms with E-state index in [9.17, 15) is 4.79 Å². The van der Waals surface area contributed by atoms with Crippen LogP contribution >= 0.6 is 0 Å². The Kier molecular flexibility index (Phi) is 23.3. The van der Waals surface area contributed by atoms with Gasteiger partial charge < -0.3 is 66.3 Å². The van der Waals surface area contributed by atoms with Crippen molar-refractivity contribution in [3.8, 4) is 0 Å². The lowest BCUT2D eigenvalue weighted by atomic mass is 9.95. The third-order valence-electron chi connectivity index (χ3n) is 15.8. The van der Waals surface area contributed by atoms with Gasteiger partial charge in [0.05, 0.1) is 44.7 Å². The third kappa shape index (κ3) is 16.8. The van der Waals surface area contributed by atoms with Gasteiger partial charge in [0.1, 0.15) is 54.9 Å². The molecule has 5 aliphatic rings. The van der Waals surface area contributed by atoms with E-state index >= 15 is 0 Å². The summed E-state index contributed by atoms with van der Waals surface area (Å²) in [5.41, 5.74) is 3.62. The summed E-state index contributed by atoms with van der Waals surface area (Å²) in [6.45, 7) is 18.5. The normalized spacial score (nSPS) is 31.8. The molecule has 1 unspecified atom stereocenters. The zero-order chi connectivity index (χ0) is 57.3. The highest BCUT2D eigenvalue weighted by atomic mass is 16.8. The molecule has 0 radical (unpaired) electrons. The second kappa shape index (κ2) is 30.9. The molecule has 15 heteroatoms. The van der Waals surface area contributed by atoms with Gasteiger partial charge in [0.15, 0.2) is 37.1 Å². The summed E-state index contributed by atoms with van der Waals surface area (Å²) in [6, 6.07) is 39.5. The van der Waals surface area contributed by atoms with E-state index in [2.05, 4.69) is 20.1 Å². The largest absolute Gasteiger partial charge is 0.454 e. The molecule has 4 aromatic carbocycles. The van der Waals surface area contributed by atoms with Crippen LogP contribution in [0, 0.1) is 0 Å². The Morgan fingerprint density at radius 3 is 1.76 bits per heavy atom. The van der Waals surface area contributed by atoms with E-state index < -0.39 is 110 Å². The first kappa shape index (κ1) is 61.9. The molecule has 0 amide bonds. The topological polar surface area (TPSA) is 146 Å². The Morgan fingerprint density at radius 1 is 0.573 bits per heavy atom. The summed E-state index contributed by atoms with van der Waals surface area (Å²) >= 11 is 0. The number of unbranched alkanes of at least 4 members (excludes halogenated alkanes) is 5. The molecule has 5 aliphatic heterocycles. The number of fused-ring (bicyclic) bond motifs is 2. The molecule has 82 heavy (non-hydrogen) atoms. The standard InChI is InChI=1S/C67H88O15/c1-8-11-14-29-40-53(68)77-60-57(70-42-48-32-23-16-24-33-48)54(69-41-47-30-21-15-22-31-47)45(4)73-65(60)79-61-58(71-43-49-34-25-17-26-35-49)56-52(44-72-63(78-56)50-36-27-18-28-37-50)76-66(61)80-62-59-55(81-67(6,7)82-59)46(5)74-64(62)75-51(38-19-12-9-2)39-20-13-10-3/h8-9,15-18,21-28,30-37,45-46,51-52,54-66H,1-2,10-14,19-20,29,38-44H2,3-7H3/t45-,46+,51+,52+,54-,55-,56+,57+,58-,59-,60+,61+,62+,63?,64-,65-,66-/m0/s1. The maximum atomic E-state index is 14.4. The van der Waals surface area contributed by atoms with Crippen LogP contribution in [0.5, 0.6) is 0 Å². The minimum Gasteiger partial charge on any atom is -0.454 e. The fraction of sp³-hybridized carbons (Fsp3) is 0.567. The van der Waals surface area contributed by atoms with Crippen molar-refractivity contribution < 1.29 is 71.1 Å². The van der Waals surface area contributed by atoms with Crippen LogP contribution in [0.3, 0.4) is 0 Å². The highest BCUT2D eigenvalue weighted by Crippen LogP contribution is 2.44. The summed E-state index contributed by atoms with van der Waals surface area (Å²) in [5, 5.41) is 0. The van der Waals surface area contributed by atoms with Gasteiger partial charge in [-0.05, 0) is 89.3 Å². The molecular weight excluding hydrogens is 1040 g/mol. The van der Waals surface area contributed by atoms with Crippen LogP contribution in [-0.2, 0) is 90.9 Å². The molecule has 9 rings (SSSR count). The number of hydrogen-bond acceptors (Lipinski definition) is 15. The first-order valence-electron chi connectivity index (χ1n) is 30.0. The molecule has 0 spiro atoms. The minimum atomic E-state index is -1.30. The number of carbonyl (C=O) groups is 1. The molecule has 446 valence electrons. The van der Waals surface area contributed by atoms with E-state index in [-0.39, 0.29) is 39.0 Å². The molecule has 4 aromatic rings. The zero-order valence-electron chi connectivity index (χ0n) is 48.7. The fourth-order valence-corrected chi connectivity index (χ4v) is 11.6. The summed E-state index contributed by atoms with van der Waals surface area (Å²) in [4.78, 5) is 14.4. The first-order chi connectivity index (χ1) is 40.0. The van der Waals surface area contributed by atoms with Crippen molar-refractivity contribution in [1.82, 2.24) is 0 Å². The molecule has 15 nitrogen and oxygen atoms in total. The Bertz CT molecular complexity index is 2500. The lowest BCUT2D eigenvalue weighted by Gasteiger charge is -2.52. The Labute approximate surface area is 486 Å². The third-order valence-corrected chi connectivity index (χ3v) is 15.8. The van der Waals surface area contributed by atoms with E-state index in [1.165, 1.54) is 0 Å². The van der Waals surface area contributed by atoms with Crippen LogP contribution in [-0.4, -0.2) is 117 Å². The van der Waals surface area contributed by atoms with Gasteiger partial charge in [0.25, 0.3) is 0 Å². The molecule has 5 fully saturated rings. The minimum absolute atomic E-state index is 0.126. The van der Waals surface area contributed by atoms with Crippen molar-refractivity contribution in [3.05, 3.63) is 169 Å². The number of ether oxygens (including phenoxy) is 14. The Hall–Kier alpha value is -4.69. The lowest BCUT2D eigenvalue weighted by Crippen LogP contribution is -2.68. The molecule has 0 aliphatic carbocycles. The number of benzene rings is 4. The average molecular weight is 1130 g/mol. The van der Waals surface area contributed by atoms with E-state index in [0.717, 1.165) is 80.0 Å². The van der Waals surface area contributed by atoms with Crippen LogP contribution in [0.1, 0.15) is 134 Å². The van der Waals surface area contributed by atoms with Gasteiger partial charge in [-0.3, -0.25) is 4.79 Å². The fourth-order valence-electron chi connectivity index (χ4n) is 11.6. The summed E-state index contributed by atoms with van der Waals surface area (Å²) in [7, 11) is 0. The van der Waals surface area contributed by atoms with E-state index in [1.54, 1.807) is 0 Å². The van der Waals surface area contributed by atoms with Crippen LogP contribution in [0.15, 0.2) is 147 Å². The molecule has 0 N–H and O–H groups in total. The Balaban J connectivity index is 1.13. The van der Waals surface area contributed by atoms with Crippen LogP contribution in [0.4, 0.5) is 0 Å². The van der Waals surface area contributed by atoms with E-state index in [4.69, 9.17) is 66.3 Å². The van der Waals surface area contributed by atoms with Crippen LogP contribution in [0.25, 0.3) is 0 Å². The molecule has 0 saturated carbocycles. The van der Waals surface area contributed by atoms with E-state index in [0.29, 0.717) is 6.42 Å². The van der Waals surface area contributed by atoms with Gasteiger partial charge in [-0.15, -0.1) is 13.2 Å². The molecule has 0 aromatic heterocycles. The molecular formula is C67H88O15. The van der Waals surface area contributed by atoms with Crippen molar-refractivity contribution in [2.75, 3.05) is 6.61 Å².